The van der Waals surface area contributed by atoms with Gasteiger partial charge in [-0.05, 0) is 43.2 Å². The first-order valence-electron chi connectivity index (χ1n) is 7.86. The lowest BCUT2D eigenvalue weighted by atomic mass is 9.97. The second-order valence-electron chi connectivity index (χ2n) is 6.58. The highest BCUT2D eigenvalue weighted by Crippen LogP contribution is 2.48. The number of amides is 2. The molecule has 2 fully saturated rings. The van der Waals surface area contributed by atoms with Crippen LogP contribution >= 0.6 is 0 Å². The van der Waals surface area contributed by atoms with Gasteiger partial charge in [-0.2, -0.15) is 0 Å². The molecule has 4 nitrogen and oxygen atoms in total. The van der Waals surface area contributed by atoms with Crippen LogP contribution in [0.15, 0.2) is 24.3 Å². The molecule has 1 heterocycles. The lowest BCUT2D eigenvalue weighted by molar-refractivity contribution is -0.145. The zero-order valence-corrected chi connectivity index (χ0v) is 12.1. The Balaban J connectivity index is 1.49. The van der Waals surface area contributed by atoms with Gasteiger partial charge in [-0.3, -0.25) is 9.59 Å². The van der Waals surface area contributed by atoms with Crippen LogP contribution in [0.25, 0.3) is 0 Å². The molecule has 0 bridgehead atoms. The number of benzene rings is 1. The van der Waals surface area contributed by atoms with Gasteiger partial charge in [0.05, 0.1) is 0 Å². The number of hydrogen-bond acceptors (Lipinski definition) is 2. The van der Waals surface area contributed by atoms with Crippen molar-refractivity contribution in [3.63, 3.8) is 0 Å². The van der Waals surface area contributed by atoms with Crippen molar-refractivity contribution >= 4 is 11.8 Å². The molecule has 2 saturated carbocycles. The molecule has 0 aromatic heterocycles. The predicted molar refractivity (Wildman–Crippen MR) is 78.4 cm³/mol. The molecule has 110 valence electrons. The van der Waals surface area contributed by atoms with Crippen LogP contribution in [0.2, 0.25) is 0 Å². The highest BCUT2D eigenvalue weighted by atomic mass is 16.2. The lowest BCUT2D eigenvalue weighted by Gasteiger charge is -2.31. The Kier molecular flexibility index (Phi) is 2.81. The van der Waals surface area contributed by atoms with Crippen molar-refractivity contribution in [2.75, 3.05) is 6.54 Å². The molecule has 0 radical (unpaired) electrons. The summed E-state index contributed by atoms with van der Waals surface area (Å²) < 4.78 is 0. The van der Waals surface area contributed by atoms with E-state index in [4.69, 9.17) is 0 Å². The summed E-state index contributed by atoms with van der Waals surface area (Å²) in [7, 11) is 0. The van der Waals surface area contributed by atoms with Gasteiger partial charge in [0, 0.05) is 19.1 Å². The molecule has 4 rings (SSSR count). The Morgan fingerprint density at radius 3 is 2.52 bits per heavy atom. The average Bonchev–Trinajstić information content (AvgIpc) is 3.40. The molecule has 2 aliphatic carbocycles. The van der Waals surface area contributed by atoms with Crippen molar-refractivity contribution < 1.29 is 9.59 Å². The topological polar surface area (TPSA) is 49.4 Å². The zero-order valence-electron chi connectivity index (χ0n) is 12.1. The number of carbonyl (C=O) groups excluding carboxylic acids is 2. The minimum absolute atomic E-state index is 0.0335. The van der Waals surface area contributed by atoms with Gasteiger partial charge in [-0.25, -0.2) is 0 Å². The molecular formula is C17H20N2O2. The van der Waals surface area contributed by atoms with Crippen molar-refractivity contribution in [2.24, 2.45) is 5.41 Å². The van der Waals surface area contributed by atoms with Crippen LogP contribution in [0, 0.1) is 5.41 Å². The molecule has 1 aliphatic heterocycles. The summed E-state index contributed by atoms with van der Waals surface area (Å²) in [5.41, 5.74) is 1.80. The van der Waals surface area contributed by atoms with Crippen molar-refractivity contribution in [1.82, 2.24) is 10.2 Å². The van der Waals surface area contributed by atoms with Crippen LogP contribution in [0.5, 0.6) is 0 Å². The average molecular weight is 284 g/mol. The standard InChI is InChI=1S/C17H20N2O2/c20-15(18-14-5-6-14)17(8-9-17)16(21)19-10-7-12-3-1-2-4-13(12)11-19/h1-4,14H,5-11H2,(H,18,20). The predicted octanol–water partition coefficient (Wildman–Crippen LogP) is 1.63. The maximum absolute atomic E-state index is 12.8. The van der Waals surface area contributed by atoms with Crippen LogP contribution in [0.1, 0.15) is 36.8 Å². The third-order valence-electron chi connectivity index (χ3n) is 4.92. The number of nitrogens with one attached hydrogen (secondary N) is 1. The largest absolute Gasteiger partial charge is 0.352 e. The zero-order chi connectivity index (χ0) is 14.4. The lowest BCUT2D eigenvalue weighted by Crippen LogP contribution is -2.47. The van der Waals surface area contributed by atoms with Crippen molar-refractivity contribution in [1.29, 1.82) is 0 Å². The highest BCUT2D eigenvalue weighted by molar-refractivity contribution is 6.08. The van der Waals surface area contributed by atoms with Gasteiger partial charge in [0.2, 0.25) is 11.8 Å². The van der Waals surface area contributed by atoms with Crippen LogP contribution in [0.4, 0.5) is 0 Å². The fraction of sp³-hybridized carbons (Fsp3) is 0.529. The smallest absolute Gasteiger partial charge is 0.238 e. The Morgan fingerprint density at radius 2 is 1.86 bits per heavy atom. The third-order valence-corrected chi connectivity index (χ3v) is 4.92. The van der Waals surface area contributed by atoms with Gasteiger partial charge in [-0.1, -0.05) is 24.3 Å². The van der Waals surface area contributed by atoms with E-state index in [1.807, 2.05) is 17.0 Å². The summed E-state index contributed by atoms with van der Waals surface area (Å²) >= 11 is 0. The van der Waals surface area contributed by atoms with Crippen LogP contribution in [-0.4, -0.2) is 29.3 Å². The molecule has 21 heavy (non-hydrogen) atoms. The van der Waals surface area contributed by atoms with Crippen molar-refractivity contribution in [3.05, 3.63) is 35.4 Å². The molecule has 0 spiro atoms. The van der Waals surface area contributed by atoms with Crippen LogP contribution in [0.3, 0.4) is 0 Å². The quantitative estimate of drug-likeness (QED) is 0.858. The van der Waals surface area contributed by atoms with E-state index in [-0.39, 0.29) is 11.8 Å². The maximum atomic E-state index is 12.8. The summed E-state index contributed by atoms with van der Waals surface area (Å²) in [5, 5.41) is 3.01. The third kappa shape index (κ3) is 2.23. The molecule has 4 heteroatoms. The van der Waals surface area contributed by atoms with E-state index in [0.29, 0.717) is 25.4 Å². The maximum Gasteiger partial charge on any atom is 0.238 e. The highest BCUT2D eigenvalue weighted by Gasteiger charge is 2.58. The summed E-state index contributed by atoms with van der Waals surface area (Å²) in [6.45, 7) is 1.38. The molecule has 0 saturated heterocycles. The Bertz CT molecular complexity index is 603. The summed E-state index contributed by atoms with van der Waals surface area (Å²) in [4.78, 5) is 27.0. The molecular weight excluding hydrogens is 264 g/mol. The van der Waals surface area contributed by atoms with Gasteiger partial charge in [0.25, 0.3) is 0 Å². The van der Waals surface area contributed by atoms with E-state index in [9.17, 15) is 9.59 Å². The molecule has 0 atom stereocenters. The number of carbonyl (C=O) groups is 2. The van der Waals surface area contributed by atoms with E-state index in [1.165, 1.54) is 11.1 Å². The van der Waals surface area contributed by atoms with E-state index < -0.39 is 5.41 Å². The first-order valence-corrected chi connectivity index (χ1v) is 7.86. The number of nitrogens with zero attached hydrogens (tertiary/aromatic N) is 1. The number of hydrogen-bond donors (Lipinski definition) is 1. The molecule has 1 aromatic carbocycles. The molecule has 3 aliphatic rings. The second kappa shape index (κ2) is 4.58. The minimum atomic E-state index is -0.741. The molecule has 2 amide bonds. The molecule has 1 N–H and O–H groups in total. The van der Waals surface area contributed by atoms with Gasteiger partial charge in [0.1, 0.15) is 5.41 Å². The van der Waals surface area contributed by atoms with Crippen molar-refractivity contribution in [3.8, 4) is 0 Å². The van der Waals surface area contributed by atoms with Crippen molar-refractivity contribution in [2.45, 2.75) is 44.7 Å². The Labute approximate surface area is 124 Å². The fourth-order valence-corrected chi connectivity index (χ4v) is 3.19. The van der Waals surface area contributed by atoms with Crippen LogP contribution in [-0.2, 0) is 22.6 Å². The Hall–Kier alpha value is -1.84. The SMILES string of the molecule is O=C(NC1CC1)C1(C(=O)N2CCc3ccccc3C2)CC1. The van der Waals surface area contributed by atoms with E-state index >= 15 is 0 Å². The molecule has 0 unspecified atom stereocenters. The normalized spacial score (nSPS) is 22.4. The summed E-state index contributed by atoms with van der Waals surface area (Å²) in [6, 6.07) is 8.59. The monoisotopic (exact) mass is 284 g/mol. The van der Waals surface area contributed by atoms with Crippen LogP contribution < -0.4 is 5.32 Å². The van der Waals surface area contributed by atoms with E-state index in [2.05, 4.69) is 17.4 Å². The second-order valence-corrected chi connectivity index (χ2v) is 6.58. The summed E-state index contributed by atoms with van der Waals surface area (Å²) in [5.74, 6) is 0.00371. The van der Waals surface area contributed by atoms with Gasteiger partial charge in [0.15, 0.2) is 0 Å². The number of rotatable bonds is 3. The van der Waals surface area contributed by atoms with E-state index in [1.54, 1.807) is 0 Å². The van der Waals surface area contributed by atoms with E-state index in [0.717, 1.165) is 25.8 Å². The fourth-order valence-electron chi connectivity index (χ4n) is 3.19. The minimum Gasteiger partial charge on any atom is -0.352 e. The molecule has 1 aromatic rings. The Morgan fingerprint density at radius 1 is 1.14 bits per heavy atom. The van der Waals surface area contributed by atoms with Gasteiger partial charge in [-0.15, -0.1) is 0 Å². The van der Waals surface area contributed by atoms with Gasteiger partial charge < -0.3 is 10.2 Å². The summed E-state index contributed by atoms with van der Waals surface area (Å²) in [6.07, 6.45) is 4.44. The van der Waals surface area contributed by atoms with Gasteiger partial charge >= 0.3 is 0 Å². The number of fused-ring (bicyclic) bond motifs is 1. The first kappa shape index (κ1) is 12.9. The first-order chi connectivity index (χ1) is 10.2.